The summed E-state index contributed by atoms with van der Waals surface area (Å²) in [5.41, 5.74) is 2.58. The van der Waals surface area contributed by atoms with Crippen molar-refractivity contribution in [2.45, 2.75) is 0 Å². The highest BCUT2D eigenvalue weighted by Gasteiger charge is 2.12. The van der Waals surface area contributed by atoms with Crippen LogP contribution >= 0.6 is 11.6 Å². The molecule has 3 rings (SSSR count). The lowest BCUT2D eigenvalue weighted by molar-refractivity contribution is 0.0690. The Morgan fingerprint density at radius 1 is 1.11 bits per heavy atom. The zero-order chi connectivity index (χ0) is 13.4. The molecule has 5 heteroatoms. The molecule has 1 aromatic carbocycles. The van der Waals surface area contributed by atoms with Gasteiger partial charge in [-0.15, -0.1) is 0 Å². The van der Waals surface area contributed by atoms with Crippen LogP contribution in [-0.2, 0) is 0 Å². The normalized spacial score (nSPS) is 10.8. The number of aromatic nitrogens is 2. The van der Waals surface area contributed by atoms with Crippen molar-refractivity contribution in [2.24, 2.45) is 0 Å². The number of fused-ring (bicyclic) bond motifs is 1. The highest BCUT2D eigenvalue weighted by Crippen LogP contribution is 2.25. The minimum absolute atomic E-state index is 0.0212. The zero-order valence-electron chi connectivity index (χ0n) is 9.75. The predicted octanol–water partition coefficient (Wildman–Crippen LogP) is 3.35. The number of carboxylic acids is 1. The SMILES string of the molecule is O=C(O)c1cc2cc(-c3ccccc3)cc(Cl)n2n1. The Morgan fingerprint density at radius 3 is 2.53 bits per heavy atom. The van der Waals surface area contributed by atoms with Gasteiger partial charge in [0.15, 0.2) is 5.69 Å². The van der Waals surface area contributed by atoms with Gasteiger partial charge in [0, 0.05) is 0 Å². The number of halogens is 1. The van der Waals surface area contributed by atoms with Crippen LogP contribution in [0, 0.1) is 0 Å². The molecule has 2 aromatic heterocycles. The van der Waals surface area contributed by atoms with Gasteiger partial charge < -0.3 is 5.11 Å². The number of rotatable bonds is 2. The first-order valence-corrected chi connectivity index (χ1v) is 6.01. The van der Waals surface area contributed by atoms with E-state index in [0.717, 1.165) is 11.1 Å². The summed E-state index contributed by atoms with van der Waals surface area (Å²) in [6.45, 7) is 0. The van der Waals surface area contributed by atoms with E-state index < -0.39 is 5.97 Å². The summed E-state index contributed by atoms with van der Waals surface area (Å²) >= 11 is 6.14. The number of pyridine rings is 1. The largest absolute Gasteiger partial charge is 0.476 e. The van der Waals surface area contributed by atoms with E-state index in [2.05, 4.69) is 5.10 Å². The zero-order valence-corrected chi connectivity index (χ0v) is 10.5. The Labute approximate surface area is 113 Å². The molecule has 0 unspecified atom stereocenters. The first-order chi connectivity index (χ1) is 9.15. The Bertz CT molecular complexity index is 766. The summed E-state index contributed by atoms with van der Waals surface area (Å²) < 4.78 is 1.41. The monoisotopic (exact) mass is 272 g/mol. The van der Waals surface area contributed by atoms with E-state index in [1.54, 1.807) is 6.07 Å². The number of carbonyl (C=O) groups is 1. The number of hydrogen-bond donors (Lipinski definition) is 1. The van der Waals surface area contributed by atoms with Gasteiger partial charge in [-0.1, -0.05) is 41.9 Å². The number of hydrogen-bond acceptors (Lipinski definition) is 2. The summed E-state index contributed by atoms with van der Waals surface area (Å²) in [5.74, 6) is -1.07. The van der Waals surface area contributed by atoms with E-state index in [1.165, 1.54) is 10.6 Å². The third kappa shape index (κ3) is 2.06. The molecule has 3 aromatic rings. The molecule has 4 nitrogen and oxygen atoms in total. The lowest BCUT2D eigenvalue weighted by Gasteiger charge is -2.04. The van der Waals surface area contributed by atoms with Gasteiger partial charge in [-0.3, -0.25) is 0 Å². The number of aromatic carboxylic acids is 1. The molecule has 0 saturated carbocycles. The molecule has 0 amide bonds. The van der Waals surface area contributed by atoms with E-state index >= 15 is 0 Å². The molecule has 0 saturated heterocycles. The molecule has 1 N–H and O–H groups in total. The third-order valence-electron chi connectivity index (χ3n) is 2.84. The van der Waals surface area contributed by atoms with Crippen LogP contribution < -0.4 is 0 Å². The molecule has 0 atom stereocenters. The fourth-order valence-electron chi connectivity index (χ4n) is 1.96. The summed E-state index contributed by atoms with van der Waals surface area (Å²) in [6.07, 6.45) is 0. The van der Waals surface area contributed by atoms with Crippen molar-refractivity contribution >= 4 is 23.1 Å². The average Bonchev–Trinajstić information content (AvgIpc) is 2.84. The van der Waals surface area contributed by atoms with Crippen molar-refractivity contribution in [1.82, 2.24) is 9.61 Å². The van der Waals surface area contributed by atoms with Crippen LogP contribution in [0.15, 0.2) is 48.5 Å². The second-order valence-electron chi connectivity index (χ2n) is 4.10. The molecule has 0 aliphatic heterocycles. The molecule has 0 radical (unpaired) electrons. The standard InChI is InChI=1S/C14H9ClN2O2/c15-13-7-10(9-4-2-1-3-5-9)6-11-8-12(14(18)19)16-17(11)13/h1-8H,(H,18,19). The second kappa shape index (κ2) is 4.40. The number of benzene rings is 1. The molecule has 0 aliphatic carbocycles. The van der Waals surface area contributed by atoms with Gasteiger partial charge >= 0.3 is 5.97 Å². The molecule has 2 heterocycles. The Hall–Kier alpha value is -2.33. The summed E-state index contributed by atoms with van der Waals surface area (Å²) in [6, 6.07) is 14.9. The highest BCUT2D eigenvalue weighted by molar-refractivity contribution is 6.30. The van der Waals surface area contributed by atoms with Gasteiger partial charge in [0.2, 0.25) is 0 Å². The van der Waals surface area contributed by atoms with Gasteiger partial charge in [-0.05, 0) is 29.3 Å². The van der Waals surface area contributed by atoms with Crippen molar-refractivity contribution in [3.63, 3.8) is 0 Å². The fraction of sp³-hybridized carbons (Fsp3) is 0. The van der Waals surface area contributed by atoms with Crippen LogP contribution in [0.4, 0.5) is 0 Å². The van der Waals surface area contributed by atoms with Gasteiger partial charge in [0.05, 0.1) is 5.52 Å². The van der Waals surface area contributed by atoms with Crippen LogP contribution in [0.2, 0.25) is 5.15 Å². The summed E-state index contributed by atoms with van der Waals surface area (Å²) in [4.78, 5) is 10.9. The third-order valence-corrected chi connectivity index (χ3v) is 3.11. The maximum absolute atomic E-state index is 10.9. The molecule has 19 heavy (non-hydrogen) atoms. The number of carboxylic acid groups (broad SMARTS) is 1. The van der Waals surface area contributed by atoms with E-state index in [4.69, 9.17) is 16.7 Å². The molecule has 0 spiro atoms. The van der Waals surface area contributed by atoms with Gasteiger partial charge in [-0.2, -0.15) is 5.10 Å². The van der Waals surface area contributed by atoms with Crippen molar-refractivity contribution in [3.05, 3.63) is 59.4 Å². The molecule has 0 bridgehead atoms. The first-order valence-electron chi connectivity index (χ1n) is 5.63. The van der Waals surface area contributed by atoms with Gasteiger partial charge in [0.1, 0.15) is 5.15 Å². The molecular formula is C14H9ClN2O2. The second-order valence-corrected chi connectivity index (χ2v) is 4.49. The van der Waals surface area contributed by atoms with Crippen molar-refractivity contribution < 1.29 is 9.90 Å². The Balaban J connectivity index is 2.22. The van der Waals surface area contributed by atoms with E-state index in [9.17, 15) is 4.79 Å². The van der Waals surface area contributed by atoms with Crippen LogP contribution in [0.3, 0.4) is 0 Å². The topological polar surface area (TPSA) is 54.6 Å². The van der Waals surface area contributed by atoms with E-state index in [0.29, 0.717) is 10.7 Å². The molecule has 0 aliphatic rings. The van der Waals surface area contributed by atoms with E-state index in [1.807, 2.05) is 36.4 Å². The molecule has 0 fully saturated rings. The van der Waals surface area contributed by atoms with Crippen molar-refractivity contribution in [3.8, 4) is 11.1 Å². The Morgan fingerprint density at radius 2 is 1.84 bits per heavy atom. The van der Waals surface area contributed by atoms with Crippen LogP contribution in [0.5, 0.6) is 0 Å². The van der Waals surface area contributed by atoms with E-state index in [-0.39, 0.29) is 5.69 Å². The average molecular weight is 273 g/mol. The smallest absolute Gasteiger partial charge is 0.356 e. The first kappa shape index (κ1) is 11.7. The number of nitrogens with zero attached hydrogens (tertiary/aromatic N) is 2. The lowest BCUT2D eigenvalue weighted by atomic mass is 10.1. The van der Waals surface area contributed by atoms with Crippen LogP contribution in [0.25, 0.3) is 16.6 Å². The fourth-order valence-corrected chi connectivity index (χ4v) is 2.21. The quantitative estimate of drug-likeness (QED) is 0.728. The predicted molar refractivity (Wildman–Crippen MR) is 72.6 cm³/mol. The summed E-state index contributed by atoms with van der Waals surface area (Å²) in [7, 11) is 0. The van der Waals surface area contributed by atoms with Crippen molar-refractivity contribution in [2.75, 3.05) is 0 Å². The van der Waals surface area contributed by atoms with Gasteiger partial charge in [0.25, 0.3) is 0 Å². The van der Waals surface area contributed by atoms with Gasteiger partial charge in [-0.25, -0.2) is 9.31 Å². The molecular weight excluding hydrogens is 264 g/mol. The van der Waals surface area contributed by atoms with Crippen LogP contribution in [-0.4, -0.2) is 20.7 Å². The Kier molecular flexibility index (Phi) is 2.72. The lowest BCUT2D eigenvalue weighted by Crippen LogP contribution is -1.98. The van der Waals surface area contributed by atoms with Crippen LogP contribution in [0.1, 0.15) is 10.5 Å². The maximum Gasteiger partial charge on any atom is 0.356 e. The minimum atomic E-state index is -1.07. The van der Waals surface area contributed by atoms with Crippen molar-refractivity contribution in [1.29, 1.82) is 0 Å². The highest BCUT2D eigenvalue weighted by atomic mass is 35.5. The minimum Gasteiger partial charge on any atom is -0.476 e. The molecule has 94 valence electrons. The summed E-state index contributed by atoms with van der Waals surface area (Å²) in [5, 5.41) is 13.3. The maximum atomic E-state index is 10.9.